The number of fused-ring (bicyclic) bond motifs is 12. The van der Waals surface area contributed by atoms with Gasteiger partial charge in [0.05, 0.1) is 22.4 Å². The van der Waals surface area contributed by atoms with Crippen molar-refractivity contribution in [3.8, 4) is 5.69 Å². The number of hydrogen-bond acceptors (Lipinski definition) is 2. The molecular weight excluding hydrogens is 692 g/mol. The summed E-state index contributed by atoms with van der Waals surface area (Å²) in [6, 6.07) is 68.3. The van der Waals surface area contributed by atoms with E-state index in [0.717, 1.165) is 38.9 Å². The summed E-state index contributed by atoms with van der Waals surface area (Å²) < 4.78 is 16.5. The second kappa shape index (κ2) is 11.6. The van der Waals surface area contributed by atoms with Gasteiger partial charge in [0.25, 0.3) is 13.4 Å². The third-order valence-electron chi connectivity index (χ3n) is 12.5. The van der Waals surface area contributed by atoms with Gasteiger partial charge in [-0.05, 0) is 104 Å². The summed E-state index contributed by atoms with van der Waals surface area (Å²) in [5.41, 5.74) is 12.0. The van der Waals surface area contributed by atoms with Gasteiger partial charge in [-0.15, -0.1) is 0 Å². The average Bonchev–Trinajstić information content (AvgIpc) is 3.94. The van der Waals surface area contributed by atoms with Crippen LogP contribution < -0.4 is 33.2 Å². The first-order valence-electron chi connectivity index (χ1n) is 19.7. The van der Waals surface area contributed by atoms with Gasteiger partial charge in [0.1, 0.15) is 11.2 Å². The Balaban J connectivity index is 1.02. The zero-order valence-corrected chi connectivity index (χ0v) is 30.8. The van der Waals surface area contributed by atoms with Crippen molar-refractivity contribution < 1.29 is 8.83 Å². The molecular formula is C52H31B2NO2. The molecule has 0 bridgehead atoms. The van der Waals surface area contributed by atoms with E-state index in [1.165, 1.54) is 76.0 Å². The monoisotopic (exact) mass is 723 g/mol. The van der Waals surface area contributed by atoms with Crippen LogP contribution in [0.1, 0.15) is 0 Å². The molecule has 0 atom stereocenters. The third kappa shape index (κ3) is 4.45. The topological polar surface area (TPSA) is 31.2 Å². The predicted octanol–water partition coefficient (Wildman–Crippen LogP) is 9.08. The van der Waals surface area contributed by atoms with Gasteiger partial charge in [-0.2, -0.15) is 0 Å². The molecule has 0 radical (unpaired) electrons. The summed E-state index contributed by atoms with van der Waals surface area (Å²) in [6.07, 6.45) is 0. The molecule has 1 aliphatic heterocycles. The average molecular weight is 723 g/mol. The van der Waals surface area contributed by atoms with Gasteiger partial charge in [0, 0.05) is 27.2 Å². The summed E-state index contributed by atoms with van der Waals surface area (Å²) >= 11 is 0. The van der Waals surface area contributed by atoms with Crippen LogP contribution in [0.2, 0.25) is 0 Å². The number of benzene rings is 9. The third-order valence-corrected chi connectivity index (χ3v) is 12.5. The molecule has 3 nitrogen and oxygen atoms in total. The minimum atomic E-state index is -0.160. The Hall–Kier alpha value is -7.23. The van der Waals surface area contributed by atoms with Crippen LogP contribution >= 0.6 is 0 Å². The van der Waals surface area contributed by atoms with Crippen molar-refractivity contribution in [1.29, 1.82) is 0 Å². The molecule has 0 saturated heterocycles. The van der Waals surface area contributed by atoms with E-state index in [4.69, 9.17) is 8.83 Å². The van der Waals surface area contributed by atoms with Crippen molar-refractivity contribution in [2.75, 3.05) is 0 Å². The number of furan rings is 2. The molecule has 0 saturated carbocycles. The Bertz CT molecular complexity index is 3550. The van der Waals surface area contributed by atoms with Crippen LogP contribution in [0.4, 0.5) is 0 Å². The predicted molar refractivity (Wildman–Crippen MR) is 241 cm³/mol. The van der Waals surface area contributed by atoms with E-state index < -0.39 is 0 Å². The van der Waals surface area contributed by atoms with Gasteiger partial charge in [0.2, 0.25) is 0 Å². The second-order valence-electron chi connectivity index (χ2n) is 15.6. The molecule has 3 aromatic heterocycles. The molecule has 5 heteroatoms. The fourth-order valence-corrected chi connectivity index (χ4v) is 10.00. The van der Waals surface area contributed by atoms with Gasteiger partial charge in [0.15, 0.2) is 0 Å². The highest BCUT2D eigenvalue weighted by Gasteiger charge is 2.46. The molecule has 0 fully saturated rings. The fraction of sp³-hybridized carbons (Fsp3) is 0. The number of aromatic nitrogens is 1. The van der Waals surface area contributed by atoms with E-state index in [9.17, 15) is 0 Å². The van der Waals surface area contributed by atoms with E-state index in [1.54, 1.807) is 0 Å². The standard InChI is InChI=1S/C52H31B2NO2/c1-2-12-33-28-36-30-37-31-39(22-21-34(37)29-35(36)27-32(33)11-1)54-50-44-16-6-10-20-48(44)56-51(50)53(49-43-15-5-9-19-47(43)57-52(49)54)38-23-25-40(26-24-38)55-45-17-7-3-13-41(45)42-14-4-8-18-46(42)55/h1-31H. The molecule has 9 aromatic carbocycles. The zero-order valence-electron chi connectivity index (χ0n) is 30.8. The lowest BCUT2D eigenvalue weighted by Crippen LogP contribution is -2.73. The molecule has 0 aliphatic carbocycles. The SMILES string of the molecule is c1ccc2cc3cc4cc(B5c6oc7ccccc7c6B(c6ccc(-n7c8ccccc8c8ccccc87)cc6)c6oc7ccccc7c65)ccc4cc3cc2c1. The minimum Gasteiger partial charge on any atom is -0.471 e. The van der Waals surface area contributed by atoms with Crippen LogP contribution in [0.25, 0.3) is 81.7 Å². The van der Waals surface area contributed by atoms with Gasteiger partial charge in [-0.25, -0.2) is 0 Å². The van der Waals surface area contributed by atoms with E-state index in [2.05, 4.69) is 193 Å². The highest BCUT2D eigenvalue weighted by atomic mass is 16.3. The molecule has 12 aromatic rings. The van der Waals surface area contributed by atoms with Crippen LogP contribution in [-0.4, -0.2) is 18.0 Å². The number of hydrogen-bond donors (Lipinski definition) is 0. The maximum absolute atomic E-state index is 7.05. The van der Waals surface area contributed by atoms with Crippen LogP contribution in [0.3, 0.4) is 0 Å². The van der Waals surface area contributed by atoms with E-state index in [-0.39, 0.29) is 13.4 Å². The van der Waals surface area contributed by atoms with Gasteiger partial charge in [-0.1, -0.05) is 138 Å². The van der Waals surface area contributed by atoms with E-state index >= 15 is 0 Å². The molecule has 0 N–H and O–H groups in total. The lowest BCUT2D eigenvalue weighted by molar-refractivity contribution is 0.647. The van der Waals surface area contributed by atoms with Crippen LogP contribution in [0.5, 0.6) is 0 Å². The van der Waals surface area contributed by atoms with E-state index in [1.807, 2.05) is 0 Å². The number of rotatable bonds is 3. The summed E-state index contributed by atoms with van der Waals surface area (Å²) in [7, 11) is 0. The molecule has 1 aliphatic rings. The van der Waals surface area contributed by atoms with Gasteiger partial charge >= 0.3 is 0 Å². The fourth-order valence-electron chi connectivity index (χ4n) is 10.00. The Kier molecular flexibility index (Phi) is 6.34. The Morgan fingerprint density at radius 3 is 1.33 bits per heavy atom. The van der Waals surface area contributed by atoms with Crippen molar-refractivity contribution in [1.82, 2.24) is 4.57 Å². The molecule has 57 heavy (non-hydrogen) atoms. The van der Waals surface area contributed by atoms with E-state index in [0.29, 0.717) is 0 Å². The molecule has 0 unspecified atom stereocenters. The first-order valence-corrected chi connectivity index (χ1v) is 19.7. The highest BCUT2D eigenvalue weighted by molar-refractivity contribution is 7.12. The highest BCUT2D eigenvalue weighted by Crippen LogP contribution is 2.32. The van der Waals surface area contributed by atoms with Crippen LogP contribution in [-0.2, 0) is 0 Å². The second-order valence-corrected chi connectivity index (χ2v) is 15.6. The number of nitrogens with zero attached hydrogens (tertiary/aromatic N) is 1. The van der Waals surface area contributed by atoms with Gasteiger partial charge in [-0.3, -0.25) is 0 Å². The normalized spacial score (nSPS) is 12.8. The first kappa shape index (κ1) is 31.0. The smallest absolute Gasteiger partial charge is 0.290 e. The maximum Gasteiger partial charge on any atom is 0.290 e. The first-order chi connectivity index (χ1) is 28.2. The molecule has 0 spiro atoms. The lowest BCUT2D eigenvalue weighted by Gasteiger charge is -2.25. The van der Waals surface area contributed by atoms with Crippen molar-refractivity contribution in [3.63, 3.8) is 0 Å². The lowest BCUT2D eigenvalue weighted by atomic mass is 9.24. The Labute approximate surface area is 328 Å². The Morgan fingerprint density at radius 2 is 0.754 bits per heavy atom. The molecule has 4 heterocycles. The minimum absolute atomic E-state index is 0.157. The van der Waals surface area contributed by atoms with Gasteiger partial charge < -0.3 is 13.4 Å². The maximum atomic E-state index is 7.05. The largest absolute Gasteiger partial charge is 0.471 e. The van der Waals surface area contributed by atoms with Crippen LogP contribution in [0, 0.1) is 0 Å². The zero-order chi connectivity index (χ0) is 37.2. The summed E-state index contributed by atoms with van der Waals surface area (Å²) in [5, 5.41) is 12.2. The van der Waals surface area contributed by atoms with Crippen molar-refractivity contribution in [2.24, 2.45) is 0 Å². The van der Waals surface area contributed by atoms with Crippen LogP contribution in [0.15, 0.2) is 197 Å². The number of para-hydroxylation sites is 4. The van der Waals surface area contributed by atoms with Crippen molar-refractivity contribution in [3.05, 3.63) is 188 Å². The molecule has 13 rings (SSSR count). The molecule has 0 amide bonds. The molecule has 262 valence electrons. The summed E-state index contributed by atoms with van der Waals surface area (Å²) in [6.45, 7) is -0.317. The summed E-state index contributed by atoms with van der Waals surface area (Å²) in [5.74, 6) is 0. The van der Waals surface area contributed by atoms with Crippen molar-refractivity contribution in [2.45, 2.75) is 0 Å². The quantitative estimate of drug-likeness (QED) is 0.135. The summed E-state index contributed by atoms with van der Waals surface area (Å²) in [4.78, 5) is 0. The Morgan fingerprint density at radius 1 is 0.333 bits per heavy atom. The van der Waals surface area contributed by atoms with Crippen molar-refractivity contribution >= 4 is 123 Å².